The standard InChI is InChI=1S/C12H16FN5O5S/c1-5-8-6(2)17-18(11(8)16-4-15-5)12-9(13)10(19)7(23-12)3-22-24(14,20)21/h4,7,9-10,12,19H,3H2,1-2H3,(H2,14,20,21)/t7-,9+,10-,12-/m1/s1. The van der Waals surface area contributed by atoms with E-state index in [1.807, 2.05) is 0 Å². The Bertz CT molecular complexity index is 872. The first-order valence-corrected chi connectivity index (χ1v) is 8.47. The molecule has 24 heavy (non-hydrogen) atoms. The van der Waals surface area contributed by atoms with Crippen LogP contribution < -0.4 is 5.14 Å². The summed E-state index contributed by atoms with van der Waals surface area (Å²) in [6.07, 6.45) is -4.63. The molecule has 0 radical (unpaired) electrons. The third-order valence-electron chi connectivity index (χ3n) is 3.78. The number of ether oxygens (including phenoxy) is 1. The number of alkyl halides is 1. The average Bonchev–Trinajstić information content (AvgIpc) is 2.96. The van der Waals surface area contributed by atoms with Gasteiger partial charge in [0.2, 0.25) is 0 Å². The summed E-state index contributed by atoms with van der Waals surface area (Å²) >= 11 is 0. The monoisotopic (exact) mass is 361 g/mol. The van der Waals surface area contributed by atoms with E-state index in [0.29, 0.717) is 22.4 Å². The van der Waals surface area contributed by atoms with Crippen LogP contribution in [0, 0.1) is 13.8 Å². The molecule has 1 aliphatic heterocycles. The van der Waals surface area contributed by atoms with Crippen molar-refractivity contribution < 1.29 is 26.8 Å². The molecule has 3 heterocycles. The van der Waals surface area contributed by atoms with E-state index in [1.165, 1.54) is 11.0 Å². The third kappa shape index (κ3) is 2.98. The normalized spacial score (nSPS) is 27.9. The van der Waals surface area contributed by atoms with Crippen LogP contribution in [0.15, 0.2) is 6.33 Å². The van der Waals surface area contributed by atoms with Crippen molar-refractivity contribution >= 4 is 21.3 Å². The topological polar surface area (TPSA) is 142 Å². The van der Waals surface area contributed by atoms with Crippen LogP contribution in [0.2, 0.25) is 0 Å². The predicted molar refractivity (Wildman–Crippen MR) is 78.7 cm³/mol. The van der Waals surface area contributed by atoms with Gasteiger partial charge in [0, 0.05) is 0 Å². The molecule has 3 rings (SSSR count). The van der Waals surface area contributed by atoms with Gasteiger partial charge in [0.05, 0.1) is 23.4 Å². The Balaban J connectivity index is 1.92. The van der Waals surface area contributed by atoms with E-state index in [9.17, 15) is 17.9 Å². The second-order valence-corrected chi connectivity index (χ2v) is 6.69. The minimum absolute atomic E-state index is 0.355. The zero-order chi connectivity index (χ0) is 17.6. The van der Waals surface area contributed by atoms with Gasteiger partial charge in [0.1, 0.15) is 18.5 Å². The molecule has 0 unspecified atom stereocenters. The molecule has 1 aliphatic rings. The number of hydrogen-bond donors (Lipinski definition) is 2. The van der Waals surface area contributed by atoms with Gasteiger partial charge in [-0.15, -0.1) is 0 Å². The second-order valence-electron chi connectivity index (χ2n) is 5.47. The lowest BCUT2D eigenvalue weighted by Gasteiger charge is -2.14. The van der Waals surface area contributed by atoms with Gasteiger partial charge >= 0.3 is 10.3 Å². The van der Waals surface area contributed by atoms with E-state index < -0.39 is 41.5 Å². The Kier molecular flexibility index (Phi) is 4.25. The van der Waals surface area contributed by atoms with Crippen molar-refractivity contribution in [1.29, 1.82) is 0 Å². The van der Waals surface area contributed by atoms with Gasteiger partial charge in [-0.3, -0.25) is 4.18 Å². The highest BCUT2D eigenvalue weighted by atomic mass is 32.2. The Morgan fingerprint density at radius 3 is 2.79 bits per heavy atom. The first-order valence-electron chi connectivity index (χ1n) is 7.00. The Labute approximate surface area is 136 Å². The summed E-state index contributed by atoms with van der Waals surface area (Å²) < 4.78 is 47.1. The fourth-order valence-corrected chi connectivity index (χ4v) is 3.02. The summed E-state index contributed by atoms with van der Waals surface area (Å²) in [5.41, 5.74) is 1.61. The van der Waals surface area contributed by atoms with Crippen LogP contribution in [0.1, 0.15) is 17.6 Å². The number of nitrogens with two attached hydrogens (primary N) is 1. The molecule has 0 aliphatic carbocycles. The number of aromatic nitrogens is 4. The van der Waals surface area contributed by atoms with Crippen molar-refractivity contribution in [2.24, 2.45) is 5.14 Å². The smallest absolute Gasteiger partial charge is 0.333 e. The quantitative estimate of drug-likeness (QED) is 0.725. The maximum Gasteiger partial charge on any atom is 0.333 e. The van der Waals surface area contributed by atoms with Gasteiger partial charge < -0.3 is 9.84 Å². The highest BCUT2D eigenvalue weighted by Gasteiger charge is 2.47. The molecular weight excluding hydrogens is 345 g/mol. The molecule has 2 aromatic heterocycles. The van der Waals surface area contributed by atoms with Crippen LogP contribution in [0.3, 0.4) is 0 Å². The van der Waals surface area contributed by atoms with Crippen LogP contribution in [0.5, 0.6) is 0 Å². The van der Waals surface area contributed by atoms with E-state index in [1.54, 1.807) is 13.8 Å². The minimum Gasteiger partial charge on any atom is -0.387 e. The number of rotatable bonds is 4. The number of fused-ring (bicyclic) bond motifs is 1. The lowest BCUT2D eigenvalue weighted by atomic mass is 10.1. The Morgan fingerprint density at radius 2 is 2.12 bits per heavy atom. The van der Waals surface area contributed by atoms with Crippen molar-refractivity contribution in [2.45, 2.75) is 38.5 Å². The summed E-state index contributed by atoms with van der Waals surface area (Å²) in [5.74, 6) is 0. The first-order chi connectivity index (χ1) is 11.2. The zero-order valence-electron chi connectivity index (χ0n) is 12.8. The lowest BCUT2D eigenvalue weighted by Crippen LogP contribution is -2.33. The Hall–Kier alpha value is -1.73. The van der Waals surface area contributed by atoms with E-state index >= 15 is 0 Å². The van der Waals surface area contributed by atoms with Crippen molar-refractivity contribution in [2.75, 3.05) is 6.61 Å². The number of halogens is 1. The second kappa shape index (κ2) is 5.97. The van der Waals surface area contributed by atoms with Crippen LogP contribution in [-0.4, -0.2) is 58.3 Å². The molecule has 0 bridgehead atoms. The molecule has 3 N–H and O–H groups in total. The lowest BCUT2D eigenvalue weighted by molar-refractivity contribution is -0.0453. The molecule has 0 spiro atoms. The largest absolute Gasteiger partial charge is 0.387 e. The fraction of sp³-hybridized carbons (Fsp3) is 0.583. The van der Waals surface area contributed by atoms with Crippen LogP contribution in [-0.2, 0) is 19.2 Å². The van der Waals surface area contributed by atoms with Crippen molar-refractivity contribution in [3.8, 4) is 0 Å². The fourth-order valence-electron chi connectivity index (χ4n) is 2.70. The SMILES string of the molecule is Cc1ncnc2c1c(C)nn2[C@@H]1O[C@H](COS(N)(=O)=O)[C@@H](O)[C@@H]1F. The minimum atomic E-state index is -4.23. The highest BCUT2D eigenvalue weighted by molar-refractivity contribution is 7.84. The summed E-state index contributed by atoms with van der Waals surface area (Å²) in [6.45, 7) is 2.88. The molecule has 12 heteroatoms. The van der Waals surface area contributed by atoms with Gasteiger partial charge in [-0.1, -0.05) is 0 Å². The van der Waals surface area contributed by atoms with Crippen LogP contribution >= 0.6 is 0 Å². The van der Waals surface area contributed by atoms with Crippen molar-refractivity contribution in [3.05, 3.63) is 17.7 Å². The van der Waals surface area contributed by atoms with Gasteiger partial charge in [-0.2, -0.15) is 13.5 Å². The third-order valence-corrected chi connectivity index (χ3v) is 4.25. The molecule has 10 nitrogen and oxygen atoms in total. The Morgan fingerprint density at radius 1 is 1.42 bits per heavy atom. The summed E-state index contributed by atoms with van der Waals surface area (Å²) in [7, 11) is -4.23. The number of hydrogen-bond acceptors (Lipinski definition) is 8. The number of nitrogens with zero attached hydrogens (tertiary/aromatic N) is 4. The van der Waals surface area contributed by atoms with Gasteiger partial charge in [0.25, 0.3) is 0 Å². The van der Waals surface area contributed by atoms with Crippen LogP contribution in [0.4, 0.5) is 4.39 Å². The summed E-state index contributed by atoms with van der Waals surface area (Å²) in [6, 6.07) is 0. The van der Waals surface area contributed by atoms with E-state index in [0.717, 1.165) is 0 Å². The molecule has 0 amide bonds. The summed E-state index contributed by atoms with van der Waals surface area (Å²) in [4.78, 5) is 8.16. The molecule has 4 atom stereocenters. The maximum atomic E-state index is 14.5. The number of aryl methyl sites for hydroxylation is 2. The molecular formula is C12H16FN5O5S. The molecule has 0 saturated carbocycles. The molecule has 2 aromatic rings. The van der Waals surface area contributed by atoms with Crippen molar-refractivity contribution in [3.63, 3.8) is 0 Å². The molecule has 1 fully saturated rings. The zero-order valence-corrected chi connectivity index (χ0v) is 13.6. The average molecular weight is 361 g/mol. The van der Waals surface area contributed by atoms with Crippen molar-refractivity contribution in [1.82, 2.24) is 19.7 Å². The number of aliphatic hydroxyl groups excluding tert-OH is 1. The van der Waals surface area contributed by atoms with Gasteiger partial charge in [0.15, 0.2) is 18.0 Å². The maximum absolute atomic E-state index is 14.5. The van der Waals surface area contributed by atoms with E-state index in [4.69, 9.17) is 9.88 Å². The highest BCUT2D eigenvalue weighted by Crippen LogP contribution is 2.34. The first kappa shape index (κ1) is 17.1. The predicted octanol–water partition coefficient (Wildman–Crippen LogP) is -0.740. The molecule has 132 valence electrons. The van der Waals surface area contributed by atoms with Crippen LogP contribution in [0.25, 0.3) is 11.0 Å². The molecule has 0 aromatic carbocycles. The summed E-state index contributed by atoms with van der Waals surface area (Å²) in [5, 5.41) is 19.5. The molecule has 1 saturated heterocycles. The van der Waals surface area contributed by atoms with Gasteiger partial charge in [-0.05, 0) is 13.8 Å². The van der Waals surface area contributed by atoms with E-state index in [-0.39, 0.29) is 0 Å². The van der Waals surface area contributed by atoms with Gasteiger partial charge in [-0.25, -0.2) is 24.2 Å². The number of aliphatic hydroxyl groups is 1. The van der Waals surface area contributed by atoms with E-state index in [2.05, 4.69) is 19.2 Å².